The van der Waals surface area contributed by atoms with Crippen molar-refractivity contribution in [3.63, 3.8) is 0 Å². The molecule has 1 heterocycles. The second kappa shape index (κ2) is 6.49. The zero-order valence-electron chi connectivity index (χ0n) is 12.0. The van der Waals surface area contributed by atoms with Gasteiger partial charge >= 0.3 is 15.5 Å². The zero-order chi connectivity index (χ0) is 16.3. The zero-order valence-corrected chi connectivity index (χ0v) is 12.8. The van der Waals surface area contributed by atoms with Crippen molar-refractivity contribution >= 4 is 15.9 Å². The van der Waals surface area contributed by atoms with Gasteiger partial charge in [-0.15, -0.1) is 0 Å². The molecule has 0 spiro atoms. The van der Waals surface area contributed by atoms with Gasteiger partial charge in [-0.1, -0.05) is 0 Å². The maximum atomic E-state index is 12.5. The molecule has 1 fully saturated rings. The quantitative estimate of drug-likeness (QED) is 0.690. The topological polar surface area (TPSA) is 63.7 Å². The Hall–Kier alpha value is -0.870. The van der Waals surface area contributed by atoms with Crippen molar-refractivity contribution in [1.82, 2.24) is 4.31 Å². The maximum Gasteiger partial charge on any atom is 0.516 e. The first kappa shape index (κ1) is 18.2. The van der Waals surface area contributed by atoms with E-state index in [1.165, 1.54) is 0 Å². The molecule has 1 saturated heterocycles. The van der Waals surface area contributed by atoms with Gasteiger partial charge in [0.1, 0.15) is 13.1 Å². The van der Waals surface area contributed by atoms with Crippen LogP contribution in [0.4, 0.5) is 13.2 Å². The molecular weight excluding hydrogens is 313 g/mol. The van der Waals surface area contributed by atoms with E-state index < -0.39 is 28.0 Å². The highest BCUT2D eigenvalue weighted by atomic mass is 32.2. The molecule has 1 amide bonds. The number of morpholine rings is 1. The van der Waals surface area contributed by atoms with E-state index >= 15 is 0 Å². The third-order valence-electron chi connectivity index (χ3n) is 3.54. The summed E-state index contributed by atoms with van der Waals surface area (Å²) < 4.78 is 65.8. The summed E-state index contributed by atoms with van der Waals surface area (Å²) in [4.78, 5) is 11.2. The van der Waals surface area contributed by atoms with Crippen LogP contribution >= 0.6 is 0 Å². The lowest BCUT2D eigenvalue weighted by molar-refractivity contribution is -0.917. The van der Waals surface area contributed by atoms with Gasteiger partial charge in [0.25, 0.3) is 0 Å². The van der Waals surface area contributed by atoms with Gasteiger partial charge in [0.15, 0.2) is 0 Å². The molecule has 0 aromatic heterocycles. The maximum absolute atomic E-state index is 12.5. The summed E-state index contributed by atoms with van der Waals surface area (Å²) in [6.07, 6.45) is 0.172. The van der Waals surface area contributed by atoms with E-state index in [1.807, 2.05) is 7.05 Å². The molecule has 0 saturated carbocycles. The lowest BCUT2D eigenvalue weighted by Gasteiger charge is -2.38. The first-order chi connectivity index (χ1) is 9.50. The molecule has 0 aromatic rings. The van der Waals surface area contributed by atoms with E-state index in [1.54, 1.807) is 0 Å². The molecule has 0 radical (unpaired) electrons. The summed E-state index contributed by atoms with van der Waals surface area (Å²) in [7, 11) is -3.68. The highest BCUT2D eigenvalue weighted by Crippen LogP contribution is 2.27. The van der Waals surface area contributed by atoms with E-state index in [0.717, 1.165) is 6.92 Å². The normalized spacial score (nSPS) is 19.3. The van der Waals surface area contributed by atoms with Crippen LogP contribution in [0.5, 0.6) is 0 Å². The molecular formula is C11H20F3N2O4S+. The Morgan fingerprint density at radius 1 is 1.29 bits per heavy atom. The summed E-state index contributed by atoms with van der Waals surface area (Å²) >= 11 is 0. The van der Waals surface area contributed by atoms with E-state index in [4.69, 9.17) is 4.74 Å². The summed E-state index contributed by atoms with van der Waals surface area (Å²) in [6, 6.07) is 0. The average molecular weight is 333 g/mol. The second-order valence-corrected chi connectivity index (χ2v) is 7.15. The molecule has 0 bridgehead atoms. The van der Waals surface area contributed by atoms with Gasteiger partial charge in [0, 0.05) is 19.9 Å². The van der Waals surface area contributed by atoms with Crippen molar-refractivity contribution in [3.05, 3.63) is 0 Å². The highest BCUT2D eigenvalue weighted by Gasteiger charge is 2.51. The van der Waals surface area contributed by atoms with Crippen LogP contribution in [0.3, 0.4) is 0 Å². The lowest BCUT2D eigenvalue weighted by Crippen LogP contribution is -2.53. The number of halogens is 3. The van der Waals surface area contributed by atoms with Gasteiger partial charge in [0.2, 0.25) is 5.91 Å². The van der Waals surface area contributed by atoms with E-state index in [9.17, 15) is 26.4 Å². The monoisotopic (exact) mass is 333 g/mol. The number of likely N-dealkylation sites (N-methyl/N-ethyl adjacent to an activating group) is 1. The molecule has 0 unspecified atom stereocenters. The van der Waals surface area contributed by atoms with Crippen molar-refractivity contribution in [2.24, 2.45) is 0 Å². The standard InChI is InChI=1S/C11H20F3N2O4S/c1-10(17)15(21(18,19)11(12,13)14)4-3-5-16(2)6-8-20-9-7-16/h3-9H2,1-2H3/q+1. The predicted molar refractivity (Wildman–Crippen MR) is 68.6 cm³/mol. The molecule has 0 aliphatic carbocycles. The summed E-state index contributed by atoms with van der Waals surface area (Å²) in [5, 5.41) is 0. The number of ether oxygens (including phenoxy) is 1. The van der Waals surface area contributed by atoms with Crippen molar-refractivity contribution < 1.29 is 35.6 Å². The Bertz CT molecular complexity index is 472. The predicted octanol–water partition coefficient (Wildman–Crippen LogP) is 0.551. The van der Waals surface area contributed by atoms with Crippen LogP contribution in [0.2, 0.25) is 0 Å². The van der Waals surface area contributed by atoms with E-state index in [0.29, 0.717) is 37.3 Å². The molecule has 0 aromatic carbocycles. The molecule has 0 N–H and O–H groups in total. The van der Waals surface area contributed by atoms with Crippen LogP contribution in [-0.2, 0) is 19.6 Å². The number of carbonyl (C=O) groups is 1. The molecule has 1 rings (SSSR count). The number of carbonyl (C=O) groups excluding carboxylic acids is 1. The molecule has 0 atom stereocenters. The molecule has 6 nitrogen and oxygen atoms in total. The van der Waals surface area contributed by atoms with Crippen molar-refractivity contribution in [3.8, 4) is 0 Å². The number of nitrogens with zero attached hydrogens (tertiary/aromatic N) is 2. The largest absolute Gasteiger partial charge is 0.516 e. The Morgan fingerprint density at radius 2 is 1.81 bits per heavy atom. The SMILES string of the molecule is CC(=O)N(CCC[N+]1(C)CCOCC1)S(=O)(=O)C(F)(F)F. The van der Waals surface area contributed by atoms with E-state index in [2.05, 4.69) is 0 Å². The van der Waals surface area contributed by atoms with Crippen molar-refractivity contribution in [1.29, 1.82) is 0 Å². The fourth-order valence-electron chi connectivity index (χ4n) is 2.18. The fraction of sp³-hybridized carbons (Fsp3) is 0.909. The van der Waals surface area contributed by atoms with Crippen LogP contribution in [0.1, 0.15) is 13.3 Å². The first-order valence-corrected chi connectivity index (χ1v) is 7.94. The Labute approximate surface area is 122 Å². The smallest absolute Gasteiger partial charge is 0.370 e. The summed E-state index contributed by atoms with van der Waals surface area (Å²) in [5.41, 5.74) is -5.46. The minimum Gasteiger partial charge on any atom is -0.370 e. The van der Waals surface area contributed by atoms with Crippen molar-refractivity contribution in [2.45, 2.75) is 18.9 Å². The molecule has 1 aliphatic rings. The van der Waals surface area contributed by atoms with Gasteiger partial charge in [-0.3, -0.25) is 4.79 Å². The van der Waals surface area contributed by atoms with Gasteiger partial charge in [-0.05, 0) is 0 Å². The number of hydrogen-bond acceptors (Lipinski definition) is 4. The van der Waals surface area contributed by atoms with Crippen LogP contribution in [0.25, 0.3) is 0 Å². The minimum absolute atomic E-state index is 0.0976. The van der Waals surface area contributed by atoms with Gasteiger partial charge in [-0.2, -0.15) is 21.6 Å². The number of amides is 1. The fourth-order valence-corrected chi connectivity index (χ4v) is 3.13. The molecule has 1 aliphatic heterocycles. The lowest BCUT2D eigenvalue weighted by atomic mass is 10.3. The Kier molecular flexibility index (Phi) is 5.62. The van der Waals surface area contributed by atoms with Crippen LogP contribution in [0, 0.1) is 0 Å². The van der Waals surface area contributed by atoms with Crippen LogP contribution in [0.15, 0.2) is 0 Å². The average Bonchev–Trinajstić information content (AvgIpc) is 2.33. The highest BCUT2D eigenvalue weighted by molar-refractivity contribution is 7.90. The molecule has 21 heavy (non-hydrogen) atoms. The van der Waals surface area contributed by atoms with Crippen LogP contribution < -0.4 is 0 Å². The summed E-state index contributed by atoms with van der Waals surface area (Å²) in [5.74, 6) is -1.13. The third kappa shape index (κ3) is 4.55. The van der Waals surface area contributed by atoms with Crippen molar-refractivity contribution in [2.75, 3.05) is 46.4 Å². The number of quaternary nitrogens is 1. The second-order valence-electron chi connectivity index (χ2n) is 5.30. The Balaban J connectivity index is 2.67. The number of alkyl halides is 3. The first-order valence-electron chi connectivity index (χ1n) is 6.50. The third-order valence-corrected chi connectivity index (χ3v) is 5.15. The van der Waals surface area contributed by atoms with Crippen LogP contribution in [-0.4, -0.2) is 75.1 Å². The van der Waals surface area contributed by atoms with Gasteiger partial charge in [-0.25, -0.2) is 4.31 Å². The van der Waals surface area contributed by atoms with Gasteiger partial charge in [0.05, 0.1) is 26.8 Å². The number of rotatable bonds is 5. The number of hydrogen-bond donors (Lipinski definition) is 0. The molecule has 10 heteroatoms. The summed E-state index contributed by atoms with van der Waals surface area (Å²) in [6.45, 7) is 3.39. The molecule has 124 valence electrons. The van der Waals surface area contributed by atoms with Gasteiger partial charge < -0.3 is 9.22 Å². The number of sulfonamides is 1. The van der Waals surface area contributed by atoms with E-state index in [-0.39, 0.29) is 10.7 Å². The minimum atomic E-state index is -5.61. The Morgan fingerprint density at radius 3 is 2.24 bits per heavy atom.